The largest absolute Gasteiger partial charge is 0.322 e. The van der Waals surface area contributed by atoms with Crippen LogP contribution < -0.4 is 0 Å². The SMILES string of the molecule is N#Cc1cn(Cc2ncc(Cl)cn2)c(-c2ccc(Br)cc2)n1. The van der Waals surface area contributed by atoms with Gasteiger partial charge >= 0.3 is 0 Å². The van der Waals surface area contributed by atoms with Crippen molar-refractivity contribution in [2.75, 3.05) is 0 Å². The van der Waals surface area contributed by atoms with Gasteiger partial charge in [0.15, 0.2) is 5.69 Å². The van der Waals surface area contributed by atoms with Crippen LogP contribution in [-0.2, 0) is 6.54 Å². The number of halogens is 2. The van der Waals surface area contributed by atoms with Crippen LogP contribution in [0.15, 0.2) is 47.3 Å². The number of rotatable bonds is 3. The molecule has 3 aromatic rings. The zero-order valence-electron chi connectivity index (χ0n) is 11.2. The van der Waals surface area contributed by atoms with E-state index in [0.29, 0.717) is 28.9 Å². The zero-order valence-corrected chi connectivity index (χ0v) is 13.6. The van der Waals surface area contributed by atoms with Crippen LogP contribution in [0.5, 0.6) is 0 Å². The highest BCUT2D eigenvalue weighted by Crippen LogP contribution is 2.22. The molecule has 0 fully saturated rings. The quantitative estimate of drug-likeness (QED) is 0.701. The monoisotopic (exact) mass is 373 g/mol. The number of imidazole rings is 1. The van der Waals surface area contributed by atoms with Crippen LogP contribution in [0.3, 0.4) is 0 Å². The van der Waals surface area contributed by atoms with Gasteiger partial charge in [0.25, 0.3) is 0 Å². The lowest BCUT2D eigenvalue weighted by Crippen LogP contribution is -2.04. The summed E-state index contributed by atoms with van der Waals surface area (Å²) in [7, 11) is 0. The summed E-state index contributed by atoms with van der Waals surface area (Å²) in [4.78, 5) is 12.7. The molecular weight excluding hydrogens is 366 g/mol. The van der Waals surface area contributed by atoms with E-state index in [-0.39, 0.29) is 0 Å². The molecule has 0 saturated carbocycles. The second-order valence-corrected chi connectivity index (χ2v) is 5.87. The first-order chi connectivity index (χ1) is 10.7. The number of nitriles is 1. The number of benzene rings is 1. The van der Waals surface area contributed by atoms with Crippen molar-refractivity contribution in [3.05, 3.63) is 63.9 Å². The molecule has 5 nitrogen and oxygen atoms in total. The van der Waals surface area contributed by atoms with E-state index in [1.807, 2.05) is 28.8 Å². The van der Waals surface area contributed by atoms with Crippen molar-refractivity contribution in [3.8, 4) is 17.5 Å². The Morgan fingerprint density at radius 3 is 2.50 bits per heavy atom. The molecule has 0 radical (unpaired) electrons. The Labute approximate surface area is 140 Å². The molecule has 0 N–H and O–H groups in total. The van der Waals surface area contributed by atoms with Crippen LogP contribution in [-0.4, -0.2) is 19.5 Å². The van der Waals surface area contributed by atoms with Crippen molar-refractivity contribution in [3.63, 3.8) is 0 Å². The Morgan fingerprint density at radius 2 is 1.86 bits per heavy atom. The predicted octanol–water partition coefficient (Wildman–Crippen LogP) is 3.68. The van der Waals surface area contributed by atoms with Crippen LogP contribution in [0.2, 0.25) is 5.02 Å². The minimum Gasteiger partial charge on any atom is -0.322 e. The Bertz CT molecular complexity index is 834. The lowest BCUT2D eigenvalue weighted by molar-refractivity contribution is 0.750. The first-order valence-corrected chi connectivity index (χ1v) is 7.52. The molecule has 0 saturated heterocycles. The van der Waals surface area contributed by atoms with Crippen LogP contribution in [0.25, 0.3) is 11.4 Å². The topological polar surface area (TPSA) is 67.4 Å². The molecule has 1 aromatic carbocycles. The number of nitrogens with zero attached hydrogens (tertiary/aromatic N) is 5. The van der Waals surface area contributed by atoms with Crippen LogP contribution in [0.1, 0.15) is 11.5 Å². The summed E-state index contributed by atoms with van der Waals surface area (Å²) in [5, 5.41) is 9.57. The maximum Gasteiger partial charge on any atom is 0.159 e. The van der Waals surface area contributed by atoms with Gasteiger partial charge in [-0.15, -0.1) is 0 Å². The van der Waals surface area contributed by atoms with Gasteiger partial charge in [0.05, 0.1) is 11.6 Å². The van der Waals surface area contributed by atoms with Gasteiger partial charge in [-0.1, -0.05) is 39.7 Å². The third-order valence-electron chi connectivity index (χ3n) is 2.98. The minimum absolute atomic E-state index is 0.354. The van der Waals surface area contributed by atoms with Crippen molar-refractivity contribution < 1.29 is 0 Å². The first-order valence-electron chi connectivity index (χ1n) is 6.35. The van der Waals surface area contributed by atoms with E-state index in [4.69, 9.17) is 16.9 Å². The molecule has 0 aliphatic rings. The van der Waals surface area contributed by atoms with E-state index in [0.717, 1.165) is 10.0 Å². The van der Waals surface area contributed by atoms with Crippen LogP contribution in [0, 0.1) is 11.3 Å². The second kappa shape index (κ2) is 6.26. The zero-order chi connectivity index (χ0) is 15.5. The first kappa shape index (κ1) is 14.7. The van der Waals surface area contributed by atoms with Gasteiger partial charge in [-0.3, -0.25) is 0 Å². The lowest BCUT2D eigenvalue weighted by atomic mass is 10.2. The van der Waals surface area contributed by atoms with Gasteiger partial charge in [0, 0.05) is 28.6 Å². The fourth-order valence-electron chi connectivity index (χ4n) is 1.99. The molecule has 0 bridgehead atoms. The molecule has 2 heterocycles. The summed E-state index contributed by atoms with van der Waals surface area (Å²) < 4.78 is 2.83. The van der Waals surface area contributed by atoms with Gasteiger partial charge in [0.2, 0.25) is 0 Å². The molecule has 108 valence electrons. The fraction of sp³-hybridized carbons (Fsp3) is 0.0667. The minimum atomic E-state index is 0.354. The summed E-state index contributed by atoms with van der Waals surface area (Å²) in [6.07, 6.45) is 4.78. The van der Waals surface area contributed by atoms with Gasteiger partial charge in [0.1, 0.15) is 17.7 Å². The van der Waals surface area contributed by atoms with E-state index in [9.17, 15) is 0 Å². The van der Waals surface area contributed by atoms with Gasteiger partial charge in [-0.05, 0) is 12.1 Å². The molecule has 0 atom stereocenters. The number of hydrogen-bond acceptors (Lipinski definition) is 4. The Balaban J connectivity index is 2.00. The molecular formula is C15H9BrClN5. The fourth-order valence-corrected chi connectivity index (χ4v) is 2.35. The number of aromatic nitrogens is 4. The average Bonchev–Trinajstić information content (AvgIpc) is 2.93. The molecule has 0 amide bonds. The third-order valence-corrected chi connectivity index (χ3v) is 3.70. The summed E-state index contributed by atoms with van der Waals surface area (Å²) in [5.41, 5.74) is 1.27. The third kappa shape index (κ3) is 3.16. The molecule has 0 unspecified atom stereocenters. The van der Waals surface area contributed by atoms with Crippen molar-refractivity contribution in [2.24, 2.45) is 0 Å². The van der Waals surface area contributed by atoms with Gasteiger partial charge in [-0.2, -0.15) is 5.26 Å². The molecule has 3 rings (SSSR count). The summed E-state index contributed by atoms with van der Waals surface area (Å²) in [6.45, 7) is 0.414. The maximum atomic E-state index is 9.09. The van der Waals surface area contributed by atoms with Crippen LogP contribution >= 0.6 is 27.5 Å². The van der Waals surface area contributed by atoms with E-state index in [1.54, 1.807) is 18.6 Å². The molecule has 0 spiro atoms. The Morgan fingerprint density at radius 1 is 1.18 bits per heavy atom. The predicted molar refractivity (Wildman–Crippen MR) is 86.2 cm³/mol. The van der Waals surface area contributed by atoms with Gasteiger partial charge < -0.3 is 4.57 Å². The van der Waals surface area contributed by atoms with Crippen molar-refractivity contribution in [2.45, 2.75) is 6.54 Å². The van der Waals surface area contributed by atoms with E-state index in [2.05, 4.69) is 37.0 Å². The highest BCUT2D eigenvalue weighted by atomic mass is 79.9. The number of hydrogen-bond donors (Lipinski definition) is 0. The molecule has 2 aromatic heterocycles. The molecule has 0 aliphatic heterocycles. The van der Waals surface area contributed by atoms with Crippen LogP contribution in [0.4, 0.5) is 0 Å². The molecule has 0 aliphatic carbocycles. The average molecular weight is 375 g/mol. The lowest BCUT2D eigenvalue weighted by Gasteiger charge is -2.07. The normalized spacial score (nSPS) is 10.4. The second-order valence-electron chi connectivity index (χ2n) is 4.51. The summed E-state index contributed by atoms with van der Waals surface area (Å²) in [5.74, 6) is 1.30. The summed E-state index contributed by atoms with van der Waals surface area (Å²) >= 11 is 9.20. The highest BCUT2D eigenvalue weighted by Gasteiger charge is 2.11. The standard InChI is InChI=1S/C15H9BrClN5/c16-11-3-1-10(2-4-11)15-21-13(5-18)8-22(15)9-14-19-6-12(17)7-20-14/h1-4,6-8H,9H2. The van der Waals surface area contributed by atoms with E-state index >= 15 is 0 Å². The van der Waals surface area contributed by atoms with Gasteiger partial charge in [-0.25, -0.2) is 15.0 Å². The van der Waals surface area contributed by atoms with Crippen molar-refractivity contribution in [1.82, 2.24) is 19.5 Å². The Hall–Kier alpha value is -2.23. The smallest absolute Gasteiger partial charge is 0.159 e. The highest BCUT2D eigenvalue weighted by molar-refractivity contribution is 9.10. The summed E-state index contributed by atoms with van der Waals surface area (Å²) in [6, 6.07) is 9.79. The Kier molecular flexibility index (Phi) is 4.18. The maximum absolute atomic E-state index is 9.09. The van der Waals surface area contributed by atoms with E-state index in [1.165, 1.54) is 0 Å². The molecule has 7 heteroatoms. The van der Waals surface area contributed by atoms with Crippen molar-refractivity contribution >= 4 is 27.5 Å². The van der Waals surface area contributed by atoms with Crippen molar-refractivity contribution in [1.29, 1.82) is 5.26 Å². The molecule has 22 heavy (non-hydrogen) atoms. The van der Waals surface area contributed by atoms with E-state index < -0.39 is 0 Å².